The normalized spacial score (nSPS) is 17.2. The number of carbonyl (C=O) groups is 1. The van der Waals surface area contributed by atoms with Gasteiger partial charge in [-0.2, -0.15) is 9.97 Å². The van der Waals surface area contributed by atoms with Crippen molar-refractivity contribution >= 4 is 29.3 Å². The predicted molar refractivity (Wildman–Crippen MR) is 171 cm³/mol. The number of nitrogens with two attached hydrogens (primary N) is 1. The van der Waals surface area contributed by atoms with Crippen LogP contribution in [0.1, 0.15) is 61.9 Å². The number of benzene rings is 1. The number of piperazine rings is 1. The lowest BCUT2D eigenvalue weighted by Crippen LogP contribution is -2.49. The summed E-state index contributed by atoms with van der Waals surface area (Å²) in [6.45, 7) is 17.7. The van der Waals surface area contributed by atoms with Gasteiger partial charge in [0, 0.05) is 62.3 Å². The molecule has 1 aromatic carbocycles. The number of hydrogen-bond donors (Lipinski definition) is 2. The van der Waals surface area contributed by atoms with Crippen molar-refractivity contribution in [3.05, 3.63) is 47.2 Å². The number of ether oxygens (including phenoxy) is 1. The summed E-state index contributed by atoms with van der Waals surface area (Å²) >= 11 is 0. The second-order valence-corrected chi connectivity index (χ2v) is 10.9. The Morgan fingerprint density at radius 2 is 1.79 bits per heavy atom. The smallest absolute Gasteiger partial charge is 0.318 e. The fourth-order valence-corrected chi connectivity index (χ4v) is 6.11. The number of nitrogen functional groups attached to an aromatic ring is 1. The van der Waals surface area contributed by atoms with Crippen molar-refractivity contribution in [2.45, 2.75) is 59.4 Å². The lowest BCUT2D eigenvalue weighted by Gasteiger charge is -2.38. The molecular weight excluding hydrogens is 528 g/mol. The first-order valence-corrected chi connectivity index (χ1v) is 15.5. The molecule has 0 unspecified atom stereocenters. The summed E-state index contributed by atoms with van der Waals surface area (Å²) in [6.07, 6.45) is 8.35. The molecule has 0 bridgehead atoms. The lowest BCUT2D eigenvalue weighted by atomic mass is 10.00. The number of fused-ring (bicyclic) bond motifs is 1. The van der Waals surface area contributed by atoms with Crippen LogP contribution in [0.5, 0.6) is 6.01 Å². The van der Waals surface area contributed by atoms with Gasteiger partial charge < -0.3 is 35.5 Å². The number of nitrogens with zero attached hydrogens (tertiary/aromatic N) is 6. The zero-order chi connectivity index (χ0) is 30.1. The Hall–Kier alpha value is -3.66. The van der Waals surface area contributed by atoms with E-state index in [2.05, 4.69) is 28.2 Å². The topological polar surface area (TPSA) is 115 Å². The summed E-state index contributed by atoms with van der Waals surface area (Å²) < 4.78 is 6.17. The number of anilines is 3. The second-order valence-electron chi connectivity index (χ2n) is 10.9. The number of hydrogen-bond acceptors (Lipinski definition) is 9. The molecule has 0 aliphatic carbocycles. The van der Waals surface area contributed by atoms with E-state index in [0.29, 0.717) is 51.0 Å². The standard InChI is InChI=1S/C30H42N8O2.C2H6/c1-3-27(39)36-15-17-37(18-16-36)29-23-10-14-38(28-22(2)8-9-25(32)24(28)20-31)21-26(23)33-30(34-29)40-19-7-13-35-11-5-4-6-12-35;1-2/h3,8-9,20,31H,1,4-7,10-19,21,32H2,2H3;1-2H3. The maximum atomic E-state index is 12.1. The number of amides is 1. The Balaban J connectivity index is 0.00000198. The Morgan fingerprint density at radius 1 is 1.05 bits per heavy atom. The number of piperidine rings is 1. The third-order valence-electron chi connectivity index (χ3n) is 8.30. The maximum absolute atomic E-state index is 12.1. The maximum Gasteiger partial charge on any atom is 0.318 e. The van der Waals surface area contributed by atoms with E-state index in [1.807, 2.05) is 30.9 Å². The Morgan fingerprint density at radius 3 is 2.48 bits per heavy atom. The van der Waals surface area contributed by atoms with E-state index >= 15 is 0 Å². The molecule has 2 fully saturated rings. The average Bonchev–Trinajstić information content (AvgIpc) is 3.04. The molecule has 3 aliphatic rings. The molecule has 10 heteroatoms. The van der Waals surface area contributed by atoms with E-state index in [0.717, 1.165) is 59.8 Å². The van der Waals surface area contributed by atoms with Crippen molar-refractivity contribution in [3.63, 3.8) is 0 Å². The predicted octanol–water partition coefficient (Wildman–Crippen LogP) is 4.04. The van der Waals surface area contributed by atoms with Gasteiger partial charge >= 0.3 is 6.01 Å². The van der Waals surface area contributed by atoms with Gasteiger partial charge in [0.25, 0.3) is 0 Å². The number of carbonyl (C=O) groups excluding carboxylic acids is 1. The fourth-order valence-electron chi connectivity index (χ4n) is 6.11. The minimum Gasteiger partial charge on any atom is -0.463 e. The highest BCUT2D eigenvalue weighted by molar-refractivity contribution is 5.94. The van der Waals surface area contributed by atoms with Crippen LogP contribution >= 0.6 is 0 Å². The molecule has 1 amide bonds. The summed E-state index contributed by atoms with van der Waals surface area (Å²) in [5, 5.41) is 7.99. The molecule has 0 saturated carbocycles. The van der Waals surface area contributed by atoms with Crippen molar-refractivity contribution in [3.8, 4) is 6.01 Å². The van der Waals surface area contributed by atoms with Crippen LogP contribution < -0.4 is 20.3 Å². The van der Waals surface area contributed by atoms with Gasteiger partial charge in [0.05, 0.1) is 24.5 Å². The minimum atomic E-state index is -0.0303. The summed E-state index contributed by atoms with van der Waals surface area (Å²) in [5.41, 5.74) is 11.8. The van der Waals surface area contributed by atoms with Crippen LogP contribution in [0.25, 0.3) is 0 Å². The van der Waals surface area contributed by atoms with Crippen LogP contribution in [0.2, 0.25) is 0 Å². The van der Waals surface area contributed by atoms with Gasteiger partial charge in [-0.1, -0.05) is 32.9 Å². The Bertz CT molecular complexity index is 1240. The van der Waals surface area contributed by atoms with Gasteiger partial charge in [-0.05, 0) is 63.4 Å². The summed E-state index contributed by atoms with van der Waals surface area (Å²) in [7, 11) is 0. The quantitative estimate of drug-likeness (QED) is 0.199. The van der Waals surface area contributed by atoms with Crippen molar-refractivity contribution < 1.29 is 9.53 Å². The summed E-state index contributed by atoms with van der Waals surface area (Å²) in [4.78, 5) is 30.9. The van der Waals surface area contributed by atoms with Gasteiger partial charge in [0.1, 0.15) is 5.82 Å². The molecule has 1 aromatic heterocycles. The first-order valence-electron chi connectivity index (χ1n) is 15.5. The number of aromatic nitrogens is 2. The number of likely N-dealkylation sites (tertiary alicyclic amines) is 1. The van der Waals surface area contributed by atoms with Crippen LogP contribution in [0, 0.1) is 12.3 Å². The van der Waals surface area contributed by atoms with E-state index in [9.17, 15) is 4.79 Å². The van der Waals surface area contributed by atoms with Crippen molar-refractivity contribution in [1.82, 2.24) is 19.8 Å². The molecule has 42 heavy (non-hydrogen) atoms. The van der Waals surface area contributed by atoms with Crippen molar-refractivity contribution in [1.29, 1.82) is 5.41 Å². The van der Waals surface area contributed by atoms with Crippen LogP contribution in [0.4, 0.5) is 17.2 Å². The minimum absolute atomic E-state index is 0.0303. The molecule has 0 radical (unpaired) electrons. The first kappa shape index (κ1) is 31.3. The fraction of sp³-hybridized carbons (Fsp3) is 0.562. The van der Waals surface area contributed by atoms with Gasteiger partial charge in [-0.25, -0.2) is 0 Å². The molecule has 5 rings (SSSR count). The average molecular weight is 577 g/mol. The SMILES string of the molecule is C=CC(=O)N1CCN(c2nc(OCCCN3CCCCC3)nc3c2CCN(c2c(C)ccc(N)c2C=N)C3)CC1.CC. The van der Waals surface area contributed by atoms with Gasteiger partial charge in [-0.15, -0.1) is 0 Å². The molecule has 228 valence electrons. The molecule has 4 heterocycles. The largest absolute Gasteiger partial charge is 0.463 e. The van der Waals surface area contributed by atoms with Crippen LogP contribution in [-0.2, 0) is 17.8 Å². The van der Waals surface area contributed by atoms with Gasteiger partial charge in [-0.3, -0.25) is 4.79 Å². The third-order valence-corrected chi connectivity index (χ3v) is 8.30. The molecule has 0 atom stereocenters. The number of nitrogens with one attached hydrogen (secondary N) is 1. The summed E-state index contributed by atoms with van der Waals surface area (Å²) in [5.74, 6) is 0.884. The lowest BCUT2D eigenvalue weighted by molar-refractivity contribution is -0.126. The van der Waals surface area contributed by atoms with Crippen LogP contribution in [-0.4, -0.2) is 90.9 Å². The first-order chi connectivity index (χ1) is 20.5. The number of rotatable bonds is 9. The zero-order valence-electron chi connectivity index (χ0n) is 25.7. The molecule has 10 nitrogen and oxygen atoms in total. The van der Waals surface area contributed by atoms with Gasteiger partial charge in [0.15, 0.2) is 0 Å². The van der Waals surface area contributed by atoms with E-state index in [-0.39, 0.29) is 5.91 Å². The third kappa shape index (κ3) is 7.21. The molecule has 3 N–H and O–H groups in total. The van der Waals surface area contributed by atoms with Crippen molar-refractivity contribution in [2.24, 2.45) is 0 Å². The summed E-state index contributed by atoms with van der Waals surface area (Å²) in [6, 6.07) is 4.29. The van der Waals surface area contributed by atoms with Crippen molar-refractivity contribution in [2.75, 3.05) is 74.5 Å². The Labute approximate surface area is 251 Å². The highest BCUT2D eigenvalue weighted by Gasteiger charge is 2.29. The van der Waals surface area contributed by atoms with E-state index < -0.39 is 0 Å². The highest BCUT2D eigenvalue weighted by Crippen LogP contribution is 2.35. The molecule has 2 aromatic rings. The zero-order valence-corrected chi connectivity index (χ0v) is 25.7. The molecular formula is C32H48N8O2. The molecule has 3 aliphatic heterocycles. The van der Waals surface area contributed by atoms with E-state index in [1.54, 1.807) is 0 Å². The monoisotopic (exact) mass is 576 g/mol. The van der Waals surface area contributed by atoms with Gasteiger partial charge in [0.2, 0.25) is 5.91 Å². The van der Waals surface area contributed by atoms with E-state index in [4.69, 9.17) is 25.8 Å². The van der Waals surface area contributed by atoms with Crippen LogP contribution in [0.15, 0.2) is 24.8 Å². The van der Waals surface area contributed by atoms with Crippen LogP contribution in [0.3, 0.4) is 0 Å². The number of aryl methyl sites for hydroxylation is 1. The highest BCUT2D eigenvalue weighted by atomic mass is 16.5. The molecule has 2 saturated heterocycles. The Kier molecular flexibility index (Phi) is 11.2. The second kappa shape index (κ2) is 15.0. The van der Waals surface area contributed by atoms with E-state index in [1.165, 1.54) is 44.6 Å². The molecule has 0 spiro atoms.